The number of fused-ring (bicyclic) bond motifs is 10. The maximum absolute atomic E-state index is 6.57. The molecule has 1 aliphatic heterocycles. The van der Waals surface area contributed by atoms with Crippen molar-refractivity contribution < 1.29 is 9.15 Å². The molecule has 10 rings (SSSR count). The third kappa shape index (κ3) is 4.29. The molecular formula is C46H29NO2. The van der Waals surface area contributed by atoms with Gasteiger partial charge in [-0.1, -0.05) is 133 Å². The summed E-state index contributed by atoms with van der Waals surface area (Å²) in [6, 6.07) is 62.0. The molecule has 49 heavy (non-hydrogen) atoms. The molecule has 0 atom stereocenters. The van der Waals surface area contributed by atoms with Gasteiger partial charge in [0, 0.05) is 33.0 Å². The summed E-state index contributed by atoms with van der Waals surface area (Å²) in [6.45, 7) is 0. The first-order valence-electron chi connectivity index (χ1n) is 16.6. The Labute approximate surface area is 283 Å². The molecule has 0 saturated heterocycles. The number of rotatable bonds is 4. The maximum Gasteiger partial charge on any atom is 0.137 e. The average molecular weight is 628 g/mol. The van der Waals surface area contributed by atoms with E-state index < -0.39 is 0 Å². The molecule has 0 N–H and O–H groups in total. The number of para-hydroxylation sites is 4. The van der Waals surface area contributed by atoms with E-state index in [9.17, 15) is 0 Å². The van der Waals surface area contributed by atoms with E-state index in [-0.39, 0.29) is 0 Å². The standard InChI is InChI=1S/C46H29NO2/c1-2-14-30(15-3-1)31-16-4-8-21-38(31)47(40-23-13-27-44-46(40)37-19-7-11-26-43(37)49-44)39-22-12-20-34-32(39)28-29-35-33-17-5-9-24-41(33)48-42-25-10-6-18-36(42)45(34)35/h1-29H. The van der Waals surface area contributed by atoms with E-state index in [0.29, 0.717) is 0 Å². The molecule has 2 heterocycles. The maximum atomic E-state index is 6.57. The molecule has 0 unspecified atom stereocenters. The molecule has 230 valence electrons. The Morgan fingerprint density at radius 3 is 1.84 bits per heavy atom. The lowest BCUT2D eigenvalue weighted by Crippen LogP contribution is -2.12. The van der Waals surface area contributed by atoms with Gasteiger partial charge in [-0.2, -0.15) is 0 Å². The van der Waals surface area contributed by atoms with E-state index in [1.54, 1.807) is 0 Å². The number of benzene rings is 8. The molecule has 0 amide bonds. The number of hydrogen-bond donors (Lipinski definition) is 0. The normalized spacial score (nSPS) is 11.8. The SMILES string of the molecule is c1ccc(-c2ccccc2N(c2cccc3c4c(ccc23)-c2ccccc2Oc2ccccc2-4)c2cccc3oc4ccccc4c23)cc1. The fourth-order valence-electron chi connectivity index (χ4n) is 7.57. The molecule has 3 heteroatoms. The quantitative estimate of drug-likeness (QED) is 0.194. The van der Waals surface area contributed by atoms with Crippen molar-refractivity contribution in [2.24, 2.45) is 0 Å². The van der Waals surface area contributed by atoms with E-state index in [4.69, 9.17) is 9.15 Å². The van der Waals surface area contributed by atoms with Crippen LogP contribution in [0.2, 0.25) is 0 Å². The van der Waals surface area contributed by atoms with Crippen LogP contribution in [-0.4, -0.2) is 0 Å². The van der Waals surface area contributed by atoms with E-state index >= 15 is 0 Å². The topological polar surface area (TPSA) is 25.6 Å². The van der Waals surface area contributed by atoms with Gasteiger partial charge in [-0.25, -0.2) is 0 Å². The van der Waals surface area contributed by atoms with Crippen LogP contribution in [0.15, 0.2) is 180 Å². The molecule has 1 aromatic heterocycles. The molecule has 0 fully saturated rings. The van der Waals surface area contributed by atoms with Crippen molar-refractivity contribution in [2.75, 3.05) is 4.90 Å². The number of ether oxygens (including phenoxy) is 1. The van der Waals surface area contributed by atoms with Gasteiger partial charge in [-0.05, 0) is 59.0 Å². The summed E-state index contributed by atoms with van der Waals surface area (Å²) in [5, 5.41) is 4.48. The highest BCUT2D eigenvalue weighted by atomic mass is 16.5. The summed E-state index contributed by atoms with van der Waals surface area (Å²) in [4.78, 5) is 2.43. The van der Waals surface area contributed by atoms with Crippen LogP contribution in [0.5, 0.6) is 11.5 Å². The lowest BCUT2D eigenvalue weighted by atomic mass is 9.89. The lowest BCUT2D eigenvalue weighted by molar-refractivity contribution is 0.488. The van der Waals surface area contributed by atoms with Crippen LogP contribution in [0.4, 0.5) is 17.1 Å². The van der Waals surface area contributed by atoms with Crippen LogP contribution in [-0.2, 0) is 0 Å². The Morgan fingerprint density at radius 2 is 0.959 bits per heavy atom. The van der Waals surface area contributed by atoms with E-state index in [0.717, 1.165) is 89.1 Å². The average Bonchev–Trinajstić information content (AvgIpc) is 3.48. The fourth-order valence-corrected chi connectivity index (χ4v) is 7.57. The van der Waals surface area contributed by atoms with Gasteiger partial charge in [0.1, 0.15) is 22.7 Å². The predicted octanol–water partition coefficient (Wildman–Crippen LogP) is 13.3. The van der Waals surface area contributed by atoms with Gasteiger partial charge in [0.25, 0.3) is 0 Å². The van der Waals surface area contributed by atoms with Crippen molar-refractivity contribution >= 4 is 49.8 Å². The fraction of sp³-hybridized carbons (Fsp3) is 0. The third-order valence-corrected chi connectivity index (χ3v) is 9.68. The van der Waals surface area contributed by atoms with Gasteiger partial charge in [0.2, 0.25) is 0 Å². The molecule has 1 aliphatic rings. The van der Waals surface area contributed by atoms with Crippen molar-refractivity contribution in [3.05, 3.63) is 176 Å². The van der Waals surface area contributed by atoms with Crippen LogP contribution in [0.1, 0.15) is 0 Å². The van der Waals surface area contributed by atoms with Gasteiger partial charge in [-0.15, -0.1) is 0 Å². The van der Waals surface area contributed by atoms with Crippen molar-refractivity contribution in [1.29, 1.82) is 0 Å². The Kier molecular flexibility index (Phi) is 6.18. The summed E-state index contributed by atoms with van der Waals surface area (Å²) in [5.74, 6) is 1.72. The number of anilines is 3. The third-order valence-electron chi connectivity index (χ3n) is 9.68. The molecule has 0 radical (unpaired) electrons. The second-order valence-electron chi connectivity index (χ2n) is 12.4. The Balaban J connectivity index is 1.32. The van der Waals surface area contributed by atoms with Crippen molar-refractivity contribution in [3.8, 4) is 44.9 Å². The first-order chi connectivity index (χ1) is 24.3. The van der Waals surface area contributed by atoms with Gasteiger partial charge < -0.3 is 14.1 Å². The highest BCUT2D eigenvalue weighted by molar-refractivity contribution is 6.17. The monoisotopic (exact) mass is 627 g/mol. The van der Waals surface area contributed by atoms with Crippen LogP contribution in [0.3, 0.4) is 0 Å². The minimum absolute atomic E-state index is 0.854. The van der Waals surface area contributed by atoms with Crippen LogP contribution in [0, 0.1) is 0 Å². The van der Waals surface area contributed by atoms with Crippen LogP contribution < -0.4 is 9.64 Å². The summed E-state index contributed by atoms with van der Waals surface area (Å²) < 4.78 is 13.0. The molecule has 0 spiro atoms. The smallest absolute Gasteiger partial charge is 0.137 e. The second kappa shape index (κ2) is 11.0. The van der Waals surface area contributed by atoms with Crippen molar-refractivity contribution in [2.45, 2.75) is 0 Å². The number of nitrogens with zero attached hydrogens (tertiary/aromatic N) is 1. The van der Waals surface area contributed by atoms with E-state index in [1.165, 1.54) is 5.56 Å². The summed E-state index contributed by atoms with van der Waals surface area (Å²) in [6.07, 6.45) is 0. The van der Waals surface area contributed by atoms with Crippen molar-refractivity contribution in [1.82, 2.24) is 0 Å². The second-order valence-corrected chi connectivity index (χ2v) is 12.4. The molecule has 8 aromatic carbocycles. The van der Waals surface area contributed by atoms with Crippen molar-refractivity contribution in [3.63, 3.8) is 0 Å². The molecule has 3 nitrogen and oxygen atoms in total. The minimum atomic E-state index is 0.854. The predicted molar refractivity (Wildman–Crippen MR) is 202 cm³/mol. The molecule has 9 aromatic rings. The zero-order valence-electron chi connectivity index (χ0n) is 26.5. The zero-order chi connectivity index (χ0) is 32.3. The van der Waals surface area contributed by atoms with E-state index in [2.05, 4.69) is 157 Å². The van der Waals surface area contributed by atoms with Gasteiger partial charge in [0.05, 0.1) is 22.4 Å². The first-order valence-corrected chi connectivity index (χ1v) is 16.6. The Morgan fingerprint density at radius 1 is 0.347 bits per heavy atom. The van der Waals surface area contributed by atoms with Crippen LogP contribution >= 0.6 is 0 Å². The minimum Gasteiger partial charge on any atom is -0.456 e. The Bertz CT molecular complexity index is 2710. The molecule has 0 bridgehead atoms. The van der Waals surface area contributed by atoms with E-state index in [1.807, 2.05) is 24.3 Å². The highest BCUT2D eigenvalue weighted by Gasteiger charge is 2.26. The summed E-state index contributed by atoms with van der Waals surface area (Å²) in [7, 11) is 0. The highest BCUT2D eigenvalue weighted by Crippen LogP contribution is 2.52. The first kappa shape index (κ1) is 27.5. The molecule has 0 saturated carbocycles. The van der Waals surface area contributed by atoms with Crippen LogP contribution in [0.25, 0.3) is 66.1 Å². The largest absolute Gasteiger partial charge is 0.456 e. The van der Waals surface area contributed by atoms with Gasteiger partial charge in [-0.3, -0.25) is 0 Å². The number of hydrogen-bond acceptors (Lipinski definition) is 3. The summed E-state index contributed by atoms with van der Waals surface area (Å²) >= 11 is 0. The lowest BCUT2D eigenvalue weighted by Gasteiger charge is -2.30. The Hall–Kier alpha value is -6.58. The summed E-state index contributed by atoms with van der Waals surface area (Å²) in [5.41, 5.74) is 11.8. The zero-order valence-corrected chi connectivity index (χ0v) is 26.5. The molecule has 0 aliphatic carbocycles. The van der Waals surface area contributed by atoms with Gasteiger partial charge in [0.15, 0.2) is 0 Å². The van der Waals surface area contributed by atoms with Gasteiger partial charge >= 0.3 is 0 Å². The number of furan rings is 1. The molecular weight excluding hydrogens is 599 g/mol.